The van der Waals surface area contributed by atoms with E-state index in [0.29, 0.717) is 10.9 Å². The zero-order valence-corrected chi connectivity index (χ0v) is 11.5. The van der Waals surface area contributed by atoms with Gasteiger partial charge in [-0.2, -0.15) is 0 Å². The molecule has 0 aliphatic carbocycles. The number of nitrogens with zero attached hydrogens (tertiary/aromatic N) is 2. The number of amides is 1. The zero-order valence-electron chi connectivity index (χ0n) is 11.5. The summed E-state index contributed by atoms with van der Waals surface area (Å²) in [6, 6.07) is 14.6. The van der Waals surface area contributed by atoms with E-state index in [2.05, 4.69) is 10.4 Å². The lowest BCUT2D eigenvalue weighted by Gasteiger charge is -2.10. The van der Waals surface area contributed by atoms with Crippen LogP contribution in [-0.2, 0) is 0 Å². The minimum Gasteiger partial charge on any atom is -0.282 e. The van der Waals surface area contributed by atoms with Crippen LogP contribution in [0.5, 0.6) is 0 Å². The van der Waals surface area contributed by atoms with Crippen molar-refractivity contribution in [1.29, 1.82) is 5.41 Å². The third kappa shape index (κ3) is 2.53. The van der Waals surface area contributed by atoms with Crippen molar-refractivity contribution in [3.05, 3.63) is 71.5 Å². The van der Waals surface area contributed by atoms with Crippen LogP contribution in [0.3, 0.4) is 0 Å². The van der Waals surface area contributed by atoms with E-state index in [4.69, 9.17) is 5.41 Å². The molecule has 1 amide bonds. The number of benzene rings is 2. The average molecular weight is 278 g/mol. The molecule has 5 nitrogen and oxygen atoms in total. The summed E-state index contributed by atoms with van der Waals surface area (Å²) >= 11 is 0. The highest BCUT2D eigenvalue weighted by atomic mass is 16.2. The Hall–Kier alpha value is -2.95. The van der Waals surface area contributed by atoms with Crippen molar-refractivity contribution in [1.82, 2.24) is 9.66 Å². The van der Waals surface area contributed by atoms with Gasteiger partial charge in [0, 0.05) is 10.9 Å². The van der Waals surface area contributed by atoms with E-state index in [1.165, 1.54) is 11.0 Å². The zero-order chi connectivity index (χ0) is 14.8. The molecule has 0 saturated carbocycles. The summed E-state index contributed by atoms with van der Waals surface area (Å²) in [5.41, 5.74) is 5.22. The first-order chi connectivity index (χ1) is 10.1. The van der Waals surface area contributed by atoms with E-state index in [0.717, 1.165) is 11.1 Å². The lowest BCUT2D eigenvalue weighted by atomic mass is 10.1. The largest absolute Gasteiger partial charge is 0.282 e. The first-order valence-electron chi connectivity index (χ1n) is 6.54. The number of carbonyl (C=O) groups excluding carboxylic acids is 1. The third-order valence-electron chi connectivity index (χ3n) is 3.25. The lowest BCUT2D eigenvalue weighted by Crippen LogP contribution is -2.33. The van der Waals surface area contributed by atoms with Crippen molar-refractivity contribution in [2.24, 2.45) is 0 Å². The average Bonchev–Trinajstić information content (AvgIpc) is 2.51. The van der Waals surface area contributed by atoms with Gasteiger partial charge in [-0.1, -0.05) is 29.8 Å². The van der Waals surface area contributed by atoms with E-state index in [1.807, 2.05) is 37.3 Å². The molecule has 0 bridgehead atoms. The Labute approximate surface area is 121 Å². The maximum absolute atomic E-state index is 12.2. The van der Waals surface area contributed by atoms with Crippen LogP contribution < -0.4 is 10.9 Å². The maximum atomic E-state index is 12.2. The van der Waals surface area contributed by atoms with Gasteiger partial charge in [-0.3, -0.25) is 15.6 Å². The van der Waals surface area contributed by atoms with Crippen LogP contribution in [0.25, 0.3) is 10.9 Å². The predicted octanol–water partition coefficient (Wildman–Crippen LogP) is 2.21. The van der Waals surface area contributed by atoms with Gasteiger partial charge in [0.05, 0.1) is 5.52 Å². The number of para-hydroxylation sites is 1. The highest BCUT2D eigenvalue weighted by molar-refractivity contribution is 6.00. The second-order valence-electron chi connectivity index (χ2n) is 4.79. The van der Waals surface area contributed by atoms with Gasteiger partial charge in [0.15, 0.2) is 5.49 Å². The number of aryl methyl sites for hydroxylation is 1. The third-order valence-corrected chi connectivity index (χ3v) is 3.25. The Balaban J connectivity index is 1.95. The molecule has 0 spiro atoms. The topological polar surface area (TPSA) is 70.8 Å². The summed E-state index contributed by atoms with van der Waals surface area (Å²) in [4.78, 5) is 16.4. The minimum atomic E-state index is -0.273. The van der Waals surface area contributed by atoms with Crippen LogP contribution in [0.1, 0.15) is 15.9 Å². The molecular formula is C16H14N4O. The summed E-state index contributed by atoms with van der Waals surface area (Å²) < 4.78 is 1.32. The molecule has 5 heteroatoms. The van der Waals surface area contributed by atoms with Gasteiger partial charge in [0.1, 0.15) is 6.33 Å². The normalized spacial score (nSPS) is 10.5. The van der Waals surface area contributed by atoms with Gasteiger partial charge in [-0.15, -0.1) is 0 Å². The second kappa shape index (κ2) is 5.20. The molecule has 1 heterocycles. The van der Waals surface area contributed by atoms with Crippen molar-refractivity contribution in [2.75, 3.05) is 5.43 Å². The molecule has 0 unspecified atom stereocenters. The molecule has 21 heavy (non-hydrogen) atoms. The number of hydrogen-bond donors (Lipinski definition) is 2. The minimum absolute atomic E-state index is 0.195. The SMILES string of the molecule is Cc1ccc(C(=O)Nn2cnc3ccccc3c2=N)cc1. The Kier molecular flexibility index (Phi) is 3.23. The molecule has 0 atom stereocenters. The standard InChI is InChI=1S/C16H14N4O/c1-11-6-8-12(9-7-11)16(21)19-20-10-18-14-5-3-2-4-13(14)15(20)17/h2-10,17H,1H3,(H,19,21). The predicted molar refractivity (Wildman–Crippen MR) is 80.5 cm³/mol. The van der Waals surface area contributed by atoms with Crippen LogP contribution in [0, 0.1) is 12.3 Å². The Bertz CT molecular complexity index is 865. The summed E-state index contributed by atoms with van der Waals surface area (Å²) in [7, 11) is 0. The Morgan fingerprint density at radius 3 is 2.62 bits per heavy atom. The highest BCUT2D eigenvalue weighted by Gasteiger charge is 2.07. The molecule has 0 aliphatic rings. The van der Waals surface area contributed by atoms with E-state index >= 15 is 0 Å². The van der Waals surface area contributed by atoms with E-state index < -0.39 is 0 Å². The smallest absolute Gasteiger partial charge is 0.270 e. The number of hydrogen-bond acceptors (Lipinski definition) is 3. The number of fused-ring (bicyclic) bond motifs is 1. The molecule has 3 rings (SSSR count). The molecule has 0 aliphatic heterocycles. The molecule has 2 N–H and O–H groups in total. The van der Waals surface area contributed by atoms with Gasteiger partial charge in [-0.05, 0) is 31.2 Å². The first-order valence-corrected chi connectivity index (χ1v) is 6.54. The number of aromatic nitrogens is 2. The summed E-state index contributed by atoms with van der Waals surface area (Å²) in [6.07, 6.45) is 1.44. The van der Waals surface area contributed by atoms with E-state index in [1.54, 1.807) is 18.2 Å². The molecule has 2 aromatic carbocycles. The number of nitrogens with one attached hydrogen (secondary N) is 2. The fourth-order valence-electron chi connectivity index (χ4n) is 2.06. The molecule has 3 aromatic rings. The fraction of sp³-hybridized carbons (Fsp3) is 0.0625. The van der Waals surface area contributed by atoms with Crippen LogP contribution in [0.15, 0.2) is 54.9 Å². The quantitative estimate of drug-likeness (QED) is 0.754. The Morgan fingerprint density at radius 1 is 1.14 bits per heavy atom. The van der Waals surface area contributed by atoms with Gasteiger partial charge >= 0.3 is 0 Å². The molecule has 104 valence electrons. The second-order valence-corrected chi connectivity index (χ2v) is 4.79. The molecule has 0 fully saturated rings. The molecule has 0 saturated heterocycles. The number of carbonyl (C=O) groups is 1. The van der Waals surface area contributed by atoms with E-state index in [-0.39, 0.29) is 11.4 Å². The van der Waals surface area contributed by atoms with Gasteiger partial charge in [0.25, 0.3) is 5.91 Å². The maximum Gasteiger partial charge on any atom is 0.270 e. The van der Waals surface area contributed by atoms with Crippen molar-refractivity contribution in [3.8, 4) is 0 Å². The molecule has 0 radical (unpaired) electrons. The van der Waals surface area contributed by atoms with Crippen LogP contribution in [-0.4, -0.2) is 15.6 Å². The van der Waals surface area contributed by atoms with Crippen LogP contribution in [0.4, 0.5) is 0 Å². The van der Waals surface area contributed by atoms with Crippen molar-refractivity contribution in [2.45, 2.75) is 6.92 Å². The van der Waals surface area contributed by atoms with E-state index in [9.17, 15) is 4.79 Å². The first kappa shape index (κ1) is 13.1. The van der Waals surface area contributed by atoms with Crippen LogP contribution in [0.2, 0.25) is 0 Å². The van der Waals surface area contributed by atoms with Gasteiger partial charge in [0.2, 0.25) is 0 Å². The monoisotopic (exact) mass is 278 g/mol. The number of rotatable bonds is 2. The van der Waals surface area contributed by atoms with Gasteiger partial charge in [-0.25, -0.2) is 9.66 Å². The summed E-state index contributed by atoms with van der Waals surface area (Å²) in [5, 5.41) is 8.82. The summed E-state index contributed by atoms with van der Waals surface area (Å²) in [6.45, 7) is 1.96. The molecular weight excluding hydrogens is 264 g/mol. The highest BCUT2D eigenvalue weighted by Crippen LogP contribution is 2.05. The summed E-state index contributed by atoms with van der Waals surface area (Å²) in [5.74, 6) is -0.273. The van der Waals surface area contributed by atoms with Crippen molar-refractivity contribution < 1.29 is 4.79 Å². The van der Waals surface area contributed by atoms with Crippen molar-refractivity contribution in [3.63, 3.8) is 0 Å². The lowest BCUT2D eigenvalue weighted by molar-refractivity contribution is 0.101. The van der Waals surface area contributed by atoms with Crippen LogP contribution >= 0.6 is 0 Å². The van der Waals surface area contributed by atoms with Crippen molar-refractivity contribution >= 4 is 16.8 Å². The fourth-order valence-corrected chi connectivity index (χ4v) is 2.06. The van der Waals surface area contributed by atoms with Gasteiger partial charge < -0.3 is 0 Å². The Morgan fingerprint density at radius 2 is 1.86 bits per heavy atom. The molecule has 1 aromatic heterocycles.